The summed E-state index contributed by atoms with van der Waals surface area (Å²) in [6, 6.07) is 10.2. The van der Waals surface area contributed by atoms with Gasteiger partial charge in [0.15, 0.2) is 0 Å². The molecular weight excluding hydrogens is 358 g/mol. The second-order valence-corrected chi connectivity index (χ2v) is 7.60. The second kappa shape index (κ2) is 7.28. The number of carbonyl (C=O) groups excluding carboxylic acids is 1. The van der Waals surface area contributed by atoms with Crippen LogP contribution >= 0.6 is 23.1 Å². The number of hydrogen-bond donors (Lipinski definition) is 1. The van der Waals surface area contributed by atoms with Gasteiger partial charge in [-0.15, -0.1) is 15.3 Å². The Kier molecular flexibility index (Phi) is 4.70. The largest absolute Gasteiger partial charge is 0.346 e. The Hall–Kier alpha value is -2.33. The van der Waals surface area contributed by atoms with E-state index < -0.39 is 0 Å². The molecule has 1 saturated carbocycles. The average molecular weight is 373 g/mol. The minimum atomic E-state index is -0.208. The van der Waals surface area contributed by atoms with E-state index in [1.54, 1.807) is 0 Å². The Morgan fingerprint density at radius 3 is 2.88 bits per heavy atom. The van der Waals surface area contributed by atoms with Crippen LogP contribution in [0.2, 0.25) is 0 Å². The van der Waals surface area contributed by atoms with Crippen LogP contribution in [0, 0.1) is 0 Å². The number of thioether (sulfide) groups is 1. The zero-order chi connectivity index (χ0) is 17.1. The van der Waals surface area contributed by atoms with Crippen LogP contribution in [0.5, 0.6) is 0 Å². The molecule has 0 radical (unpaired) electrons. The number of nitrogens with one attached hydrogen (secondary N) is 1. The Morgan fingerprint density at radius 1 is 1.24 bits per heavy atom. The van der Waals surface area contributed by atoms with Gasteiger partial charge in [0.25, 0.3) is 5.91 Å². The lowest BCUT2D eigenvalue weighted by molar-refractivity contribution is 0.0950. The number of aromatic nitrogens is 6. The fourth-order valence-corrected chi connectivity index (χ4v) is 3.90. The number of hydrogen-bond acceptors (Lipinski definition) is 8. The molecule has 1 aliphatic rings. The number of nitrogens with zero attached hydrogens (tertiary/aromatic N) is 6. The first kappa shape index (κ1) is 16.2. The van der Waals surface area contributed by atoms with Gasteiger partial charge in [-0.25, -0.2) is 4.68 Å². The van der Waals surface area contributed by atoms with Crippen LogP contribution in [0.3, 0.4) is 0 Å². The highest BCUT2D eigenvalue weighted by molar-refractivity contribution is 7.98. The van der Waals surface area contributed by atoms with Gasteiger partial charge in [0.1, 0.15) is 5.01 Å². The Balaban J connectivity index is 1.32. The van der Waals surface area contributed by atoms with Crippen LogP contribution in [-0.2, 0) is 12.3 Å². The first-order valence-corrected chi connectivity index (χ1v) is 9.65. The molecule has 0 unspecified atom stereocenters. The van der Waals surface area contributed by atoms with E-state index in [1.807, 2.05) is 35.0 Å². The third-order valence-corrected chi connectivity index (χ3v) is 5.69. The third-order valence-electron chi connectivity index (χ3n) is 3.64. The summed E-state index contributed by atoms with van der Waals surface area (Å²) in [6.07, 6.45) is 2.26. The predicted octanol–water partition coefficient (Wildman–Crippen LogP) is 2.08. The van der Waals surface area contributed by atoms with E-state index in [2.05, 4.69) is 31.0 Å². The monoisotopic (exact) mass is 373 g/mol. The topological polar surface area (TPSA) is 98.5 Å². The summed E-state index contributed by atoms with van der Waals surface area (Å²) in [4.78, 5) is 12.2. The Morgan fingerprint density at radius 2 is 2.08 bits per heavy atom. The van der Waals surface area contributed by atoms with Crippen molar-refractivity contribution in [2.24, 2.45) is 0 Å². The zero-order valence-corrected chi connectivity index (χ0v) is 14.8. The van der Waals surface area contributed by atoms with Gasteiger partial charge in [0.05, 0.1) is 11.8 Å². The molecule has 0 saturated heterocycles. The summed E-state index contributed by atoms with van der Waals surface area (Å²) >= 11 is 2.81. The van der Waals surface area contributed by atoms with Crippen molar-refractivity contribution < 1.29 is 4.79 Å². The van der Waals surface area contributed by atoms with Crippen molar-refractivity contribution in [3.05, 3.63) is 45.9 Å². The molecule has 10 heteroatoms. The van der Waals surface area contributed by atoms with Crippen molar-refractivity contribution in [1.82, 2.24) is 35.7 Å². The van der Waals surface area contributed by atoms with Gasteiger partial charge < -0.3 is 5.32 Å². The minimum Gasteiger partial charge on any atom is -0.346 e. The summed E-state index contributed by atoms with van der Waals surface area (Å²) in [7, 11) is 0. The maximum absolute atomic E-state index is 12.2. The van der Waals surface area contributed by atoms with Gasteiger partial charge in [-0.05, 0) is 28.8 Å². The van der Waals surface area contributed by atoms with Crippen molar-refractivity contribution in [1.29, 1.82) is 0 Å². The zero-order valence-electron chi connectivity index (χ0n) is 13.2. The van der Waals surface area contributed by atoms with Crippen LogP contribution in [0.15, 0.2) is 35.5 Å². The first-order valence-electron chi connectivity index (χ1n) is 7.85. The maximum Gasteiger partial charge on any atom is 0.282 e. The van der Waals surface area contributed by atoms with Crippen LogP contribution in [0.25, 0.3) is 0 Å². The lowest BCUT2D eigenvalue weighted by Gasteiger charge is -2.02. The van der Waals surface area contributed by atoms with Gasteiger partial charge >= 0.3 is 0 Å². The van der Waals surface area contributed by atoms with E-state index in [9.17, 15) is 4.79 Å². The first-order chi connectivity index (χ1) is 12.3. The molecule has 0 bridgehead atoms. The molecular formula is C15H15N7OS2. The summed E-state index contributed by atoms with van der Waals surface area (Å²) in [5, 5.41) is 24.6. The Labute approximate surface area is 152 Å². The van der Waals surface area contributed by atoms with Crippen LogP contribution in [-0.4, -0.2) is 36.3 Å². The Bertz CT molecular complexity index is 860. The highest BCUT2D eigenvalue weighted by atomic mass is 32.2. The van der Waals surface area contributed by atoms with Crippen molar-refractivity contribution in [3.8, 4) is 0 Å². The normalized spacial score (nSPS) is 13.8. The highest BCUT2D eigenvalue weighted by Gasteiger charge is 2.28. The number of tetrazole rings is 1. The quantitative estimate of drug-likeness (QED) is 0.633. The fraction of sp³-hybridized carbons (Fsp3) is 0.333. The number of benzene rings is 1. The SMILES string of the molecule is O=C(NCc1ccccc1)c1nnc(CSc2nnnn2C2CC2)s1. The lowest BCUT2D eigenvalue weighted by Crippen LogP contribution is -2.22. The van der Waals surface area contributed by atoms with E-state index >= 15 is 0 Å². The van der Waals surface area contributed by atoms with Crippen molar-refractivity contribution in [2.45, 2.75) is 36.3 Å². The molecule has 2 aromatic heterocycles. The van der Waals surface area contributed by atoms with Gasteiger partial charge in [-0.2, -0.15) is 0 Å². The van der Waals surface area contributed by atoms with E-state index in [-0.39, 0.29) is 5.91 Å². The van der Waals surface area contributed by atoms with E-state index in [1.165, 1.54) is 23.1 Å². The van der Waals surface area contributed by atoms with E-state index in [4.69, 9.17) is 0 Å². The molecule has 0 spiro atoms. The average Bonchev–Trinajstić information content (AvgIpc) is 3.19. The van der Waals surface area contributed by atoms with Gasteiger partial charge in [0, 0.05) is 6.54 Å². The van der Waals surface area contributed by atoms with E-state index in [0.717, 1.165) is 28.6 Å². The molecule has 128 valence electrons. The molecule has 3 aromatic rings. The van der Waals surface area contributed by atoms with Gasteiger partial charge in [-0.3, -0.25) is 4.79 Å². The van der Waals surface area contributed by atoms with Crippen LogP contribution in [0.1, 0.15) is 39.3 Å². The third kappa shape index (κ3) is 4.02. The van der Waals surface area contributed by atoms with Crippen molar-refractivity contribution in [2.75, 3.05) is 0 Å². The maximum atomic E-state index is 12.2. The molecule has 1 amide bonds. The van der Waals surface area contributed by atoms with E-state index in [0.29, 0.717) is 23.3 Å². The van der Waals surface area contributed by atoms with Crippen LogP contribution in [0.4, 0.5) is 0 Å². The summed E-state index contributed by atoms with van der Waals surface area (Å²) in [5.41, 5.74) is 1.04. The smallest absolute Gasteiger partial charge is 0.282 e. The molecule has 2 heterocycles. The number of rotatable bonds is 7. The molecule has 1 aliphatic carbocycles. The minimum absolute atomic E-state index is 0.208. The fourth-order valence-electron chi connectivity index (χ4n) is 2.21. The predicted molar refractivity (Wildman–Crippen MR) is 93.2 cm³/mol. The number of carbonyl (C=O) groups is 1. The summed E-state index contributed by atoms with van der Waals surface area (Å²) in [6.45, 7) is 0.472. The molecule has 4 rings (SSSR count). The molecule has 0 atom stereocenters. The molecule has 1 fully saturated rings. The van der Waals surface area contributed by atoms with Gasteiger partial charge in [0.2, 0.25) is 10.2 Å². The van der Waals surface area contributed by atoms with Crippen molar-refractivity contribution in [3.63, 3.8) is 0 Å². The second-order valence-electron chi connectivity index (χ2n) is 5.60. The van der Waals surface area contributed by atoms with Gasteiger partial charge in [-0.1, -0.05) is 53.4 Å². The van der Waals surface area contributed by atoms with Crippen LogP contribution < -0.4 is 5.32 Å². The highest BCUT2D eigenvalue weighted by Crippen LogP contribution is 2.37. The molecule has 1 aromatic carbocycles. The summed E-state index contributed by atoms with van der Waals surface area (Å²) in [5.74, 6) is 0.386. The van der Waals surface area contributed by atoms with Crippen molar-refractivity contribution >= 4 is 29.0 Å². The lowest BCUT2D eigenvalue weighted by atomic mass is 10.2. The molecule has 25 heavy (non-hydrogen) atoms. The molecule has 8 nitrogen and oxygen atoms in total. The summed E-state index contributed by atoms with van der Waals surface area (Å²) < 4.78 is 1.86. The standard InChI is InChI=1S/C15H15N7OS2/c23-13(16-8-10-4-2-1-3-5-10)14-18-17-12(25-14)9-24-15-19-20-21-22(15)11-6-7-11/h1-5,11H,6-9H2,(H,16,23). The molecule has 0 aliphatic heterocycles. The number of amides is 1. The molecule has 1 N–H and O–H groups in total.